The molecule has 0 amide bonds. The van der Waals surface area contributed by atoms with Crippen molar-refractivity contribution in [3.05, 3.63) is 36.0 Å². The minimum atomic E-state index is -0.420. The van der Waals surface area contributed by atoms with Crippen molar-refractivity contribution in [2.75, 3.05) is 18.0 Å². The van der Waals surface area contributed by atoms with E-state index in [0.717, 1.165) is 17.4 Å². The summed E-state index contributed by atoms with van der Waals surface area (Å²) in [5, 5.41) is 10.1. The monoisotopic (exact) mass is 281 g/mol. The quantitative estimate of drug-likeness (QED) is 0.786. The summed E-state index contributed by atoms with van der Waals surface area (Å²) in [6, 6.07) is 9.67. The number of fused-ring (bicyclic) bond motifs is 1. The first-order valence-corrected chi connectivity index (χ1v) is 6.86. The lowest BCUT2D eigenvalue weighted by molar-refractivity contribution is -0.122. The molecule has 2 heterocycles. The minimum absolute atomic E-state index is 0.0173. The third-order valence-corrected chi connectivity index (χ3v) is 3.64. The molecule has 1 aromatic heterocycles. The number of carbonyl (C=O) groups excluding carboxylic acids is 1. The number of anilines is 1. The fourth-order valence-corrected chi connectivity index (χ4v) is 2.78. The Morgan fingerprint density at radius 2 is 2.29 bits per heavy atom. The van der Waals surface area contributed by atoms with Crippen molar-refractivity contribution in [2.24, 2.45) is 0 Å². The van der Waals surface area contributed by atoms with Crippen LogP contribution in [0.15, 0.2) is 30.5 Å². The molecule has 1 unspecified atom stereocenters. The van der Waals surface area contributed by atoms with E-state index in [9.17, 15) is 10.1 Å². The molecule has 21 heavy (non-hydrogen) atoms. The van der Waals surface area contributed by atoms with Gasteiger partial charge in [-0.05, 0) is 31.2 Å². The Hall–Kier alpha value is -2.45. The van der Waals surface area contributed by atoms with Gasteiger partial charge in [0.05, 0.1) is 23.7 Å². The number of carbonyl (C=O) groups is 1. The van der Waals surface area contributed by atoms with E-state index in [2.05, 4.69) is 16.0 Å². The summed E-state index contributed by atoms with van der Waals surface area (Å²) in [6.07, 6.45) is 2.09. The lowest BCUT2D eigenvalue weighted by atomic mass is 10.1. The fraction of sp³-hybridized carbons (Fsp3) is 0.312. The predicted octanol–water partition coefficient (Wildman–Crippen LogP) is 1.90. The second-order valence-electron chi connectivity index (χ2n) is 5.17. The Labute approximate surface area is 122 Å². The maximum absolute atomic E-state index is 11.0. The van der Waals surface area contributed by atoms with Gasteiger partial charge in [0.2, 0.25) is 0 Å². The minimum Gasteiger partial charge on any atom is -0.365 e. The second kappa shape index (κ2) is 5.51. The van der Waals surface area contributed by atoms with Crippen LogP contribution in [-0.4, -0.2) is 36.6 Å². The molecule has 0 radical (unpaired) electrons. The van der Waals surface area contributed by atoms with E-state index in [-0.39, 0.29) is 6.10 Å². The maximum atomic E-state index is 11.0. The number of pyridine rings is 1. The molecule has 1 fully saturated rings. The number of hydrogen-bond acceptors (Lipinski definition) is 5. The van der Waals surface area contributed by atoms with Crippen molar-refractivity contribution >= 4 is 22.9 Å². The average Bonchev–Trinajstić information content (AvgIpc) is 2.53. The van der Waals surface area contributed by atoms with Gasteiger partial charge in [-0.2, -0.15) is 5.26 Å². The third kappa shape index (κ3) is 2.46. The second-order valence-corrected chi connectivity index (χ2v) is 5.17. The molecular weight excluding hydrogens is 266 g/mol. The zero-order chi connectivity index (χ0) is 14.8. The number of aldehydes is 1. The van der Waals surface area contributed by atoms with Crippen molar-refractivity contribution in [3.8, 4) is 6.07 Å². The highest BCUT2D eigenvalue weighted by Gasteiger charge is 2.26. The summed E-state index contributed by atoms with van der Waals surface area (Å²) in [5.74, 6) is 0. The van der Waals surface area contributed by atoms with E-state index in [1.807, 2.05) is 25.1 Å². The molecular formula is C16H15N3O2. The van der Waals surface area contributed by atoms with Gasteiger partial charge in [0.1, 0.15) is 12.2 Å². The van der Waals surface area contributed by atoms with E-state index in [0.29, 0.717) is 24.2 Å². The van der Waals surface area contributed by atoms with Gasteiger partial charge in [-0.1, -0.05) is 0 Å². The van der Waals surface area contributed by atoms with Gasteiger partial charge in [0.25, 0.3) is 0 Å². The molecule has 1 aliphatic rings. The molecule has 1 aliphatic heterocycles. The molecule has 0 spiro atoms. The fourth-order valence-electron chi connectivity index (χ4n) is 2.78. The van der Waals surface area contributed by atoms with Crippen LogP contribution in [0.2, 0.25) is 0 Å². The van der Waals surface area contributed by atoms with Crippen LogP contribution in [0.5, 0.6) is 0 Å². The summed E-state index contributed by atoms with van der Waals surface area (Å²) in [4.78, 5) is 17.5. The van der Waals surface area contributed by atoms with Crippen LogP contribution in [-0.2, 0) is 9.53 Å². The van der Waals surface area contributed by atoms with Crippen LogP contribution < -0.4 is 4.90 Å². The molecule has 5 nitrogen and oxygen atoms in total. The number of morpholine rings is 1. The summed E-state index contributed by atoms with van der Waals surface area (Å²) in [5.41, 5.74) is 2.24. The lowest BCUT2D eigenvalue weighted by Gasteiger charge is -2.36. The van der Waals surface area contributed by atoms with Crippen molar-refractivity contribution in [2.45, 2.75) is 19.1 Å². The number of ether oxygens (including phenoxy) is 1. The number of aromatic nitrogens is 1. The predicted molar refractivity (Wildman–Crippen MR) is 79.1 cm³/mol. The Balaban J connectivity index is 2.09. The van der Waals surface area contributed by atoms with Crippen molar-refractivity contribution in [1.82, 2.24) is 4.98 Å². The zero-order valence-electron chi connectivity index (χ0n) is 11.7. The molecule has 2 atom stereocenters. The first-order chi connectivity index (χ1) is 10.2. The highest BCUT2D eigenvalue weighted by Crippen LogP contribution is 2.29. The topological polar surface area (TPSA) is 66.2 Å². The number of hydrogen-bond donors (Lipinski definition) is 0. The molecule has 3 rings (SSSR count). The van der Waals surface area contributed by atoms with Crippen molar-refractivity contribution in [3.63, 3.8) is 0 Å². The third-order valence-electron chi connectivity index (χ3n) is 3.64. The highest BCUT2D eigenvalue weighted by molar-refractivity contribution is 5.95. The smallest absolute Gasteiger partial charge is 0.150 e. The van der Waals surface area contributed by atoms with Gasteiger partial charge in [0, 0.05) is 23.8 Å². The van der Waals surface area contributed by atoms with Crippen LogP contribution >= 0.6 is 0 Å². The standard InChI is InChI=1S/C16H15N3O2/c1-11-8-19(9-13(10-20)21-11)15-5-4-12(7-17)16-14(15)3-2-6-18-16/h2-6,10-11,13H,8-9H2,1H3/t11-,13?/m1/s1. The highest BCUT2D eigenvalue weighted by atomic mass is 16.5. The molecule has 1 saturated heterocycles. The number of rotatable bonds is 2. The van der Waals surface area contributed by atoms with E-state index in [4.69, 9.17) is 4.74 Å². The first-order valence-electron chi connectivity index (χ1n) is 6.86. The van der Waals surface area contributed by atoms with Crippen molar-refractivity contribution in [1.29, 1.82) is 5.26 Å². The van der Waals surface area contributed by atoms with Gasteiger partial charge in [0.15, 0.2) is 6.29 Å². The van der Waals surface area contributed by atoms with Gasteiger partial charge in [-0.15, -0.1) is 0 Å². The molecule has 0 bridgehead atoms. The summed E-state index contributed by atoms with van der Waals surface area (Å²) >= 11 is 0. The van der Waals surface area contributed by atoms with Crippen LogP contribution in [0.4, 0.5) is 5.69 Å². The Bertz CT molecular complexity index is 723. The Morgan fingerprint density at radius 1 is 1.43 bits per heavy atom. The Kier molecular flexibility index (Phi) is 3.55. The SMILES string of the molecule is C[C@@H]1CN(c2ccc(C#N)c3ncccc23)CC(C=O)O1. The summed E-state index contributed by atoms with van der Waals surface area (Å²) in [7, 11) is 0. The molecule has 106 valence electrons. The number of nitrogens with zero attached hydrogens (tertiary/aromatic N) is 3. The maximum Gasteiger partial charge on any atom is 0.150 e. The largest absolute Gasteiger partial charge is 0.365 e. The van der Waals surface area contributed by atoms with Crippen LogP contribution in [0.25, 0.3) is 10.9 Å². The molecule has 2 aromatic rings. The number of benzene rings is 1. The van der Waals surface area contributed by atoms with E-state index in [1.165, 1.54) is 0 Å². The normalized spacial score (nSPS) is 22.0. The summed E-state index contributed by atoms with van der Waals surface area (Å²) < 4.78 is 5.57. The van der Waals surface area contributed by atoms with Crippen molar-refractivity contribution < 1.29 is 9.53 Å². The molecule has 0 saturated carbocycles. The molecule has 0 N–H and O–H groups in total. The molecule has 1 aromatic carbocycles. The van der Waals surface area contributed by atoms with Gasteiger partial charge in [-0.25, -0.2) is 0 Å². The van der Waals surface area contributed by atoms with Crippen LogP contribution in [0.1, 0.15) is 12.5 Å². The zero-order valence-corrected chi connectivity index (χ0v) is 11.7. The first kappa shape index (κ1) is 13.5. The van der Waals surface area contributed by atoms with Gasteiger partial charge < -0.3 is 14.4 Å². The van der Waals surface area contributed by atoms with E-state index < -0.39 is 6.10 Å². The van der Waals surface area contributed by atoms with Gasteiger partial charge >= 0.3 is 0 Å². The molecule has 0 aliphatic carbocycles. The van der Waals surface area contributed by atoms with E-state index >= 15 is 0 Å². The summed E-state index contributed by atoms with van der Waals surface area (Å²) in [6.45, 7) is 3.18. The van der Waals surface area contributed by atoms with Crippen LogP contribution in [0, 0.1) is 11.3 Å². The molecule has 5 heteroatoms. The average molecular weight is 281 g/mol. The lowest BCUT2D eigenvalue weighted by Crippen LogP contribution is -2.47. The van der Waals surface area contributed by atoms with Gasteiger partial charge in [-0.3, -0.25) is 4.98 Å². The Morgan fingerprint density at radius 3 is 3.05 bits per heavy atom. The van der Waals surface area contributed by atoms with Crippen LogP contribution in [0.3, 0.4) is 0 Å². The van der Waals surface area contributed by atoms with E-state index in [1.54, 1.807) is 12.3 Å². The number of nitriles is 1.